The summed E-state index contributed by atoms with van der Waals surface area (Å²) in [5.74, 6) is 1.12. The highest BCUT2D eigenvalue weighted by Crippen LogP contribution is 2.14. The number of anilines is 1. The molecule has 8 heteroatoms. The number of hydrogen-bond acceptors (Lipinski definition) is 6. The predicted octanol–water partition coefficient (Wildman–Crippen LogP) is 2.69. The lowest BCUT2D eigenvalue weighted by Crippen LogP contribution is -1.99. The van der Waals surface area contributed by atoms with Crippen molar-refractivity contribution in [3.8, 4) is 5.69 Å². The summed E-state index contributed by atoms with van der Waals surface area (Å²) < 4.78 is 6.62. The molecule has 0 spiro atoms. The first-order valence-corrected chi connectivity index (χ1v) is 6.51. The van der Waals surface area contributed by atoms with Crippen molar-refractivity contribution in [3.05, 3.63) is 53.1 Å². The van der Waals surface area contributed by atoms with Crippen molar-refractivity contribution in [1.82, 2.24) is 25.4 Å². The van der Waals surface area contributed by atoms with Gasteiger partial charge in [-0.2, -0.15) is 4.68 Å². The van der Waals surface area contributed by atoms with Crippen LogP contribution in [0.1, 0.15) is 11.5 Å². The Morgan fingerprint density at radius 2 is 2.10 bits per heavy atom. The van der Waals surface area contributed by atoms with Crippen LogP contribution in [0.4, 0.5) is 5.88 Å². The van der Waals surface area contributed by atoms with Gasteiger partial charge in [0.05, 0.1) is 11.4 Å². The average molecular weight is 303 g/mol. The molecule has 0 aliphatic rings. The fraction of sp³-hybridized carbons (Fsp3) is 0.0769. The first kappa shape index (κ1) is 13.3. The Morgan fingerprint density at radius 3 is 2.81 bits per heavy atom. The molecular weight excluding hydrogens is 292 g/mol. The molecule has 0 aliphatic heterocycles. The molecule has 7 nitrogen and oxygen atoms in total. The predicted molar refractivity (Wildman–Crippen MR) is 78.1 cm³/mol. The number of aryl methyl sites for hydroxylation is 1. The lowest BCUT2D eigenvalue weighted by molar-refractivity contribution is 0.429. The third-order valence-electron chi connectivity index (χ3n) is 2.65. The van der Waals surface area contributed by atoms with E-state index in [1.807, 2.05) is 19.1 Å². The van der Waals surface area contributed by atoms with Crippen LogP contribution in [0.5, 0.6) is 0 Å². The maximum absolute atomic E-state index is 5.87. The van der Waals surface area contributed by atoms with Crippen molar-refractivity contribution in [2.45, 2.75) is 6.92 Å². The molecule has 0 unspecified atom stereocenters. The molecule has 0 aliphatic carbocycles. The van der Waals surface area contributed by atoms with E-state index >= 15 is 0 Å². The van der Waals surface area contributed by atoms with Gasteiger partial charge in [0.15, 0.2) is 5.82 Å². The van der Waals surface area contributed by atoms with E-state index in [1.165, 1.54) is 0 Å². The standard InChI is InChI=1S/C13H11ClN6O/c1-9-8-13(21-17-9)15-7-6-12-16-18-19-20(12)11-4-2-10(14)3-5-11/h2-8,15H,1H3. The molecule has 21 heavy (non-hydrogen) atoms. The maximum atomic E-state index is 5.87. The van der Waals surface area contributed by atoms with Gasteiger partial charge in [0.25, 0.3) is 0 Å². The molecule has 0 atom stereocenters. The quantitative estimate of drug-likeness (QED) is 0.798. The van der Waals surface area contributed by atoms with Gasteiger partial charge >= 0.3 is 0 Å². The molecule has 3 aromatic rings. The molecule has 0 radical (unpaired) electrons. The lowest BCUT2D eigenvalue weighted by atomic mass is 10.3. The topological polar surface area (TPSA) is 81.7 Å². The first-order chi connectivity index (χ1) is 10.2. The zero-order valence-corrected chi connectivity index (χ0v) is 11.8. The third-order valence-corrected chi connectivity index (χ3v) is 2.90. The Labute approximate surface area is 125 Å². The largest absolute Gasteiger partial charge is 0.338 e. The van der Waals surface area contributed by atoms with Gasteiger partial charge < -0.3 is 9.84 Å². The van der Waals surface area contributed by atoms with Crippen LogP contribution in [0.3, 0.4) is 0 Å². The lowest BCUT2D eigenvalue weighted by Gasteiger charge is -2.01. The number of nitrogens with one attached hydrogen (secondary N) is 1. The second-order valence-electron chi connectivity index (χ2n) is 4.24. The minimum absolute atomic E-state index is 0.550. The highest BCUT2D eigenvalue weighted by Gasteiger charge is 2.05. The molecule has 106 valence electrons. The monoisotopic (exact) mass is 302 g/mol. The van der Waals surface area contributed by atoms with Gasteiger partial charge in [-0.25, -0.2) is 0 Å². The Morgan fingerprint density at radius 1 is 1.29 bits per heavy atom. The molecule has 2 heterocycles. The van der Waals surface area contributed by atoms with E-state index in [2.05, 4.69) is 26.0 Å². The minimum Gasteiger partial charge on any atom is -0.338 e. The van der Waals surface area contributed by atoms with E-state index in [4.69, 9.17) is 16.1 Å². The Kier molecular flexibility index (Phi) is 3.65. The Balaban J connectivity index is 1.77. The molecule has 3 rings (SSSR count). The van der Waals surface area contributed by atoms with Crippen molar-refractivity contribution in [3.63, 3.8) is 0 Å². The fourth-order valence-corrected chi connectivity index (χ4v) is 1.82. The number of benzene rings is 1. The number of aromatic nitrogens is 5. The molecule has 0 fully saturated rings. The number of hydrogen-bond donors (Lipinski definition) is 1. The molecule has 1 N–H and O–H groups in total. The Bertz CT molecular complexity index is 761. The van der Waals surface area contributed by atoms with Crippen LogP contribution < -0.4 is 5.32 Å². The second-order valence-corrected chi connectivity index (χ2v) is 4.67. The van der Waals surface area contributed by atoms with E-state index in [0.29, 0.717) is 16.7 Å². The smallest absolute Gasteiger partial charge is 0.228 e. The van der Waals surface area contributed by atoms with Crippen LogP contribution in [-0.4, -0.2) is 25.4 Å². The van der Waals surface area contributed by atoms with Gasteiger partial charge in [0, 0.05) is 23.4 Å². The summed E-state index contributed by atoms with van der Waals surface area (Å²) in [4.78, 5) is 0. The van der Waals surface area contributed by atoms with Gasteiger partial charge in [-0.15, -0.1) is 5.10 Å². The van der Waals surface area contributed by atoms with Crippen molar-refractivity contribution in [2.75, 3.05) is 5.32 Å². The summed E-state index contributed by atoms with van der Waals surface area (Å²) in [5.41, 5.74) is 1.62. The first-order valence-electron chi connectivity index (χ1n) is 6.13. The van der Waals surface area contributed by atoms with Gasteiger partial charge in [-0.3, -0.25) is 0 Å². The normalized spacial score (nSPS) is 11.1. The summed E-state index contributed by atoms with van der Waals surface area (Å²) in [5, 5.41) is 18.9. The van der Waals surface area contributed by atoms with Crippen LogP contribution in [0.2, 0.25) is 5.02 Å². The molecule has 0 bridgehead atoms. The highest BCUT2D eigenvalue weighted by atomic mass is 35.5. The minimum atomic E-state index is 0.550. The molecule has 2 aromatic heterocycles. The van der Waals surface area contributed by atoms with Crippen molar-refractivity contribution >= 4 is 23.6 Å². The van der Waals surface area contributed by atoms with Crippen LogP contribution >= 0.6 is 11.6 Å². The number of nitrogens with zero attached hydrogens (tertiary/aromatic N) is 5. The Hall–Kier alpha value is -2.67. The van der Waals surface area contributed by atoms with E-state index < -0.39 is 0 Å². The maximum Gasteiger partial charge on any atom is 0.228 e. The summed E-state index contributed by atoms with van der Waals surface area (Å²) in [6, 6.07) is 9.02. The molecule has 0 saturated carbocycles. The van der Waals surface area contributed by atoms with Gasteiger partial charge in [-0.1, -0.05) is 16.8 Å². The molecular formula is C13H11ClN6O. The van der Waals surface area contributed by atoms with E-state index in [9.17, 15) is 0 Å². The highest BCUT2D eigenvalue weighted by molar-refractivity contribution is 6.30. The van der Waals surface area contributed by atoms with E-state index in [1.54, 1.807) is 35.2 Å². The molecule has 0 saturated heterocycles. The molecule has 1 aromatic carbocycles. The van der Waals surface area contributed by atoms with Gasteiger partial charge in [-0.05, 0) is 41.6 Å². The summed E-state index contributed by atoms with van der Waals surface area (Å²) in [6.45, 7) is 1.85. The van der Waals surface area contributed by atoms with Crippen LogP contribution in [0, 0.1) is 6.92 Å². The zero-order chi connectivity index (χ0) is 14.7. The van der Waals surface area contributed by atoms with Crippen molar-refractivity contribution in [1.29, 1.82) is 0 Å². The second kappa shape index (κ2) is 5.76. The summed E-state index contributed by atoms with van der Waals surface area (Å²) in [6.07, 6.45) is 3.41. The number of rotatable bonds is 4. The number of halogens is 1. The van der Waals surface area contributed by atoms with Gasteiger partial charge in [0.1, 0.15) is 0 Å². The van der Waals surface area contributed by atoms with Crippen LogP contribution in [0.15, 0.2) is 41.1 Å². The van der Waals surface area contributed by atoms with Crippen LogP contribution in [0.25, 0.3) is 11.8 Å². The van der Waals surface area contributed by atoms with Crippen molar-refractivity contribution < 1.29 is 4.52 Å². The summed E-state index contributed by atoms with van der Waals surface area (Å²) in [7, 11) is 0. The number of tetrazole rings is 1. The zero-order valence-electron chi connectivity index (χ0n) is 11.1. The van der Waals surface area contributed by atoms with Crippen LogP contribution in [-0.2, 0) is 0 Å². The van der Waals surface area contributed by atoms with E-state index in [0.717, 1.165) is 11.4 Å². The van der Waals surface area contributed by atoms with Crippen molar-refractivity contribution in [2.24, 2.45) is 0 Å². The average Bonchev–Trinajstić information content (AvgIpc) is 3.09. The SMILES string of the molecule is Cc1cc(NC=Cc2nnnn2-c2ccc(Cl)cc2)on1. The third kappa shape index (κ3) is 3.09. The van der Waals surface area contributed by atoms with Gasteiger partial charge in [0.2, 0.25) is 5.88 Å². The molecule has 0 amide bonds. The summed E-state index contributed by atoms with van der Waals surface area (Å²) >= 11 is 5.87. The fourth-order valence-electron chi connectivity index (χ4n) is 1.69. The van der Waals surface area contributed by atoms with E-state index in [-0.39, 0.29) is 0 Å².